The summed E-state index contributed by atoms with van der Waals surface area (Å²) in [5.41, 5.74) is 7.66. The van der Waals surface area contributed by atoms with Crippen molar-refractivity contribution < 1.29 is 8.78 Å². The number of rotatable bonds is 5. The summed E-state index contributed by atoms with van der Waals surface area (Å²) in [6.07, 6.45) is 0.918. The van der Waals surface area contributed by atoms with Crippen molar-refractivity contribution >= 4 is 11.4 Å². The molecule has 2 aromatic rings. The van der Waals surface area contributed by atoms with Gasteiger partial charge in [0.1, 0.15) is 11.6 Å². The number of halogens is 2. The topological polar surface area (TPSA) is 29.3 Å². The number of hydrogen-bond donors (Lipinski definition) is 1. The van der Waals surface area contributed by atoms with Crippen molar-refractivity contribution in [3.8, 4) is 0 Å². The summed E-state index contributed by atoms with van der Waals surface area (Å²) in [7, 11) is 0. The Kier molecular flexibility index (Phi) is 4.56. The predicted molar refractivity (Wildman–Crippen MR) is 78.6 cm³/mol. The lowest BCUT2D eigenvalue weighted by molar-refractivity contribution is 0.580. The van der Waals surface area contributed by atoms with E-state index in [2.05, 4.69) is 0 Å². The van der Waals surface area contributed by atoms with Crippen LogP contribution in [-0.4, -0.2) is 6.54 Å². The van der Waals surface area contributed by atoms with E-state index < -0.39 is 5.82 Å². The summed E-state index contributed by atoms with van der Waals surface area (Å²) < 4.78 is 27.0. The molecule has 0 aliphatic carbocycles. The molecule has 2 aromatic carbocycles. The van der Waals surface area contributed by atoms with Crippen molar-refractivity contribution in [1.82, 2.24) is 0 Å². The summed E-state index contributed by atoms with van der Waals surface area (Å²) in [4.78, 5) is 2.01. The summed E-state index contributed by atoms with van der Waals surface area (Å²) >= 11 is 0. The van der Waals surface area contributed by atoms with Crippen LogP contribution in [0.5, 0.6) is 0 Å². The molecule has 0 amide bonds. The smallest absolute Gasteiger partial charge is 0.128 e. The first-order valence-electron chi connectivity index (χ1n) is 6.64. The molecule has 0 aliphatic rings. The lowest BCUT2D eigenvalue weighted by atomic mass is 10.1. The third-order valence-corrected chi connectivity index (χ3v) is 3.12. The number of nitrogens with zero attached hydrogens (tertiary/aromatic N) is 1. The van der Waals surface area contributed by atoms with Gasteiger partial charge in [-0.05, 0) is 48.9 Å². The third kappa shape index (κ3) is 3.47. The molecular weight excluding hydrogens is 258 g/mol. The Hall–Kier alpha value is -2.10. The Morgan fingerprint density at radius 2 is 1.75 bits per heavy atom. The summed E-state index contributed by atoms with van der Waals surface area (Å²) in [5, 5.41) is 0. The second-order valence-electron chi connectivity index (χ2n) is 4.75. The quantitative estimate of drug-likeness (QED) is 0.837. The predicted octanol–water partition coefficient (Wildman–Crippen LogP) is 3.96. The van der Waals surface area contributed by atoms with Crippen LogP contribution in [0.4, 0.5) is 20.2 Å². The van der Waals surface area contributed by atoms with E-state index in [1.54, 1.807) is 12.1 Å². The number of anilines is 2. The van der Waals surface area contributed by atoms with Crippen molar-refractivity contribution in [2.75, 3.05) is 17.2 Å². The van der Waals surface area contributed by atoms with Crippen LogP contribution < -0.4 is 10.6 Å². The Morgan fingerprint density at radius 3 is 2.40 bits per heavy atom. The van der Waals surface area contributed by atoms with Crippen LogP contribution in [0.15, 0.2) is 42.5 Å². The fraction of sp³-hybridized carbons (Fsp3) is 0.250. The molecule has 0 saturated carbocycles. The van der Waals surface area contributed by atoms with Crippen molar-refractivity contribution in [3.63, 3.8) is 0 Å². The second kappa shape index (κ2) is 6.37. The maximum Gasteiger partial charge on any atom is 0.128 e. The van der Waals surface area contributed by atoms with Crippen molar-refractivity contribution in [3.05, 3.63) is 59.7 Å². The van der Waals surface area contributed by atoms with E-state index in [-0.39, 0.29) is 5.82 Å². The van der Waals surface area contributed by atoms with Crippen LogP contribution in [0.3, 0.4) is 0 Å². The molecule has 0 atom stereocenters. The lowest BCUT2D eigenvalue weighted by Gasteiger charge is -2.25. The van der Waals surface area contributed by atoms with Crippen molar-refractivity contribution in [2.24, 2.45) is 0 Å². The zero-order valence-electron chi connectivity index (χ0n) is 11.4. The third-order valence-electron chi connectivity index (χ3n) is 3.12. The Bertz CT molecular complexity index is 567. The molecule has 106 valence electrons. The van der Waals surface area contributed by atoms with Crippen LogP contribution in [0.2, 0.25) is 0 Å². The highest BCUT2D eigenvalue weighted by molar-refractivity contribution is 5.53. The Morgan fingerprint density at radius 1 is 1.05 bits per heavy atom. The van der Waals surface area contributed by atoms with E-state index in [0.29, 0.717) is 17.8 Å². The van der Waals surface area contributed by atoms with Gasteiger partial charge in [0.25, 0.3) is 0 Å². The van der Waals surface area contributed by atoms with Crippen molar-refractivity contribution in [2.45, 2.75) is 19.9 Å². The molecule has 0 fully saturated rings. The zero-order valence-corrected chi connectivity index (χ0v) is 11.4. The fourth-order valence-corrected chi connectivity index (χ4v) is 2.12. The normalized spacial score (nSPS) is 10.6. The average molecular weight is 276 g/mol. The standard InChI is InChI=1S/C16H18F2N2/c1-2-9-20(15-6-4-14(19)5-7-15)11-12-10-13(17)3-8-16(12)18/h3-8,10H,2,9,11,19H2,1H3. The minimum absolute atomic E-state index is 0.335. The minimum Gasteiger partial charge on any atom is -0.399 e. The molecule has 0 bridgehead atoms. The van der Waals surface area contributed by atoms with Gasteiger partial charge in [0.05, 0.1) is 0 Å². The molecule has 2 rings (SSSR count). The largest absolute Gasteiger partial charge is 0.399 e. The highest BCUT2D eigenvalue weighted by Crippen LogP contribution is 2.21. The Balaban J connectivity index is 2.25. The van der Waals surface area contributed by atoms with E-state index in [0.717, 1.165) is 30.8 Å². The molecule has 2 N–H and O–H groups in total. The van der Waals surface area contributed by atoms with E-state index in [1.807, 2.05) is 24.0 Å². The van der Waals surface area contributed by atoms with Gasteiger partial charge in [-0.15, -0.1) is 0 Å². The number of nitrogen functional groups attached to an aromatic ring is 1. The van der Waals surface area contributed by atoms with Gasteiger partial charge in [-0.3, -0.25) is 0 Å². The van der Waals surface area contributed by atoms with Crippen LogP contribution in [-0.2, 0) is 6.54 Å². The molecule has 0 radical (unpaired) electrons. The van der Waals surface area contributed by atoms with Gasteiger partial charge in [-0.25, -0.2) is 8.78 Å². The zero-order chi connectivity index (χ0) is 14.5. The molecule has 20 heavy (non-hydrogen) atoms. The highest BCUT2D eigenvalue weighted by Gasteiger charge is 2.10. The van der Waals surface area contributed by atoms with Gasteiger partial charge >= 0.3 is 0 Å². The van der Waals surface area contributed by atoms with Gasteiger partial charge in [0.15, 0.2) is 0 Å². The van der Waals surface area contributed by atoms with E-state index in [4.69, 9.17) is 5.73 Å². The first-order chi connectivity index (χ1) is 9.60. The number of benzene rings is 2. The van der Waals surface area contributed by atoms with E-state index in [1.165, 1.54) is 6.07 Å². The summed E-state index contributed by atoms with van der Waals surface area (Å²) in [5.74, 6) is -0.807. The SMILES string of the molecule is CCCN(Cc1cc(F)ccc1F)c1ccc(N)cc1. The minimum atomic E-state index is -0.421. The van der Waals surface area contributed by atoms with Crippen LogP contribution in [0, 0.1) is 11.6 Å². The molecule has 0 heterocycles. The van der Waals surface area contributed by atoms with Crippen molar-refractivity contribution in [1.29, 1.82) is 0 Å². The number of hydrogen-bond acceptors (Lipinski definition) is 2. The molecule has 0 unspecified atom stereocenters. The first-order valence-corrected chi connectivity index (χ1v) is 6.64. The van der Waals surface area contributed by atoms with E-state index in [9.17, 15) is 8.78 Å². The van der Waals surface area contributed by atoms with Gasteiger partial charge < -0.3 is 10.6 Å². The van der Waals surface area contributed by atoms with Gasteiger partial charge in [0, 0.05) is 30.0 Å². The Labute approximate surface area is 117 Å². The summed E-state index contributed by atoms with van der Waals surface area (Å²) in [6, 6.07) is 10.9. The summed E-state index contributed by atoms with van der Waals surface area (Å²) in [6.45, 7) is 3.15. The molecular formula is C16H18F2N2. The van der Waals surface area contributed by atoms with Gasteiger partial charge in [-0.2, -0.15) is 0 Å². The van der Waals surface area contributed by atoms with Gasteiger partial charge in [0.2, 0.25) is 0 Å². The first kappa shape index (κ1) is 14.3. The van der Waals surface area contributed by atoms with Crippen LogP contribution in [0.1, 0.15) is 18.9 Å². The molecule has 4 heteroatoms. The monoisotopic (exact) mass is 276 g/mol. The number of nitrogens with two attached hydrogens (primary N) is 1. The molecule has 0 spiro atoms. The highest BCUT2D eigenvalue weighted by atomic mass is 19.1. The fourth-order valence-electron chi connectivity index (χ4n) is 2.12. The molecule has 0 aromatic heterocycles. The molecule has 0 saturated heterocycles. The van der Waals surface area contributed by atoms with Crippen LogP contribution >= 0.6 is 0 Å². The average Bonchev–Trinajstić information content (AvgIpc) is 2.43. The maximum atomic E-state index is 13.7. The maximum absolute atomic E-state index is 13.7. The molecule has 2 nitrogen and oxygen atoms in total. The van der Waals surface area contributed by atoms with Gasteiger partial charge in [-0.1, -0.05) is 6.92 Å². The van der Waals surface area contributed by atoms with E-state index >= 15 is 0 Å². The second-order valence-corrected chi connectivity index (χ2v) is 4.75. The lowest BCUT2D eigenvalue weighted by Crippen LogP contribution is -2.24. The van der Waals surface area contributed by atoms with Crippen LogP contribution in [0.25, 0.3) is 0 Å². The molecule has 0 aliphatic heterocycles.